The van der Waals surface area contributed by atoms with Gasteiger partial charge >= 0.3 is 0 Å². The molecule has 0 saturated carbocycles. The van der Waals surface area contributed by atoms with Crippen LogP contribution in [-0.2, 0) is 16.1 Å². The van der Waals surface area contributed by atoms with Gasteiger partial charge in [-0.25, -0.2) is 4.68 Å². The van der Waals surface area contributed by atoms with Crippen molar-refractivity contribution in [1.29, 1.82) is 0 Å². The second-order valence-corrected chi connectivity index (χ2v) is 6.19. The maximum atomic E-state index is 12.0. The molecule has 1 N–H and O–H groups in total. The molecule has 0 radical (unpaired) electrons. The fraction of sp³-hybridized carbons (Fsp3) is 0.421. The van der Waals surface area contributed by atoms with Gasteiger partial charge in [0, 0.05) is 37.7 Å². The lowest BCUT2D eigenvalue weighted by Gasteiger charge is -2.11. The smallest absolute Gasteiger partial charge is 0.266 e. The summed E-state index contributed by atoms with van der Waals surface area (Å²) < 4.78 is 6.90. The van der Waals surface area contributed by atoms with E-state index in [0.717, 1.165) is 30.7 Å². The third-order valence-corrected chi connectivity index (χ3v) is 4.26. The van der Waals surface area contributed by atoms with E-state index >= 15 is 0 Å². The number of rotatable bonds is 7. The first kappa shape index (κ1) is 17.4. The predicted octanol–water partition coefficient (Wildman–Crippen LogP) is 1.99. The van der Waals surface area contributed by atoms with Gasteiger partial charge in [0.05, 0.1) is 11.8 Å². The van der Waals surface area contributed by atoms with E-state index < -0.39 is 0 Å². The van der Waals surface area contributed by atoms with Crippen LogP contribution < -0.4 is 10.9 Å². The highest BCUT2D eigenvalue weighted by Crippen LogP contribution is 2.14. The molecule has 0 aliphatic carbocycles. The molecule has 2 heterocycles. The Labute approximate surface area is 146 Å². The quantitative estimate of drug-likeness (QED) is 0.836. The zero-order valence-electron chi connectivity index (χ0n) is 14.2. The Morgan fingerprint density at radius 2 is 2.08 bits per heavy atom. The molecule has 1 saturated heterocycles. The summed E-state index contributed by atoms with van der Waals surface area (Å²) in [6, 6.07) is 13.0. The lowest BCUT2D eigenvalue weighted by Crippen LogP contribution is -2.32. The van der Waals surface area contributed by atoms with Crippen LogP contribution in [0.3, 0.4) is 0 Å². The van der Waals surface area contributed by atoms with Gasteiger partial charge in [0.2, 0.25) is 5.91 Å². The predicted molar refractivity (Wildman–Crippen MR) is 95.2 cm³/mol. The van der Waals surface area contributed by atoms with Gasteiger partial charge in [-0.2, -0.15) is 5.10 Å². The van der Waals surface area contributed by atoms with Gasteiger partial charge in [-0.1, -0.05) is 30.3 Å². The van der Waals surface area contributed by atoms with Crippen LogP contribution in [0.1, 0.15) is 25.7 Å². The van der Waals surface area contributed by atoms with Crippen LogP contribution >= 0.6 is 0 Å². The molecule has 2 aromatic rings. The first-order valence-corrected chi connectivity index (χ1v) is 8.74. The molecule has 1 fully saturated rings. The normalized spacial score (nSPS) is 16.7. The first-order chi connectivity index (χ1) is 12.2. The average Bonchev–Trinajstić information content (AvgIpc) is 3.16. The Balaban J connectivity index is 1.50. The lowest BCUT2D eigenvalue weighted by atomic mass is 10.1. The molecule has 6 nitrogen and oxygen atoms in total. The summed E-state index contributed by atoms with van der Waals surface area (Å²) in [5.74, 6) is -0.0113. The monoisotopic (exact) mass is 341 g/mol. The zero-order valence-corrected chi connectivity index (χ0v) is 14.2. The van der Waals surface area contributed by atoms with Gasteiger partial charge in [0.15, 0.2) is 0 Å². The van der Waals surface area contributed by atoms with Crippen LogP contribution in [0.5, 0.6) is 0 Å². The van der Waals surface area contributed by atoms with Crippen molar-refractivity contribution in [3.8, 4) is 11.3 Å². The number of nitrogens with zero attached hydrogens (tertiary/aromatic N) is 2. The Hall–Kier alpha value is -2.47. The van der Waals surface area contributed by atoms with Crippen molar-refractivity contribution in [2.45, 2.75) is 38.3 Å². The first-order valence-electron chi connectivity index (χ1n) is 8.74. The molecule has 1 amide bonds. The third kappa shape index (κ3) is 5.00. The molecule has 6 heteroatoms. The maximum absolute atomic E-state index is 12.0. The Morgan fingerprint density at radius 3 is 2.84 bits per heavy atom. The molecule has 0 bridgehead atoms. The number of carbonyl (C=O) groups is 1. The Bertz CT molecular complexity index is 752. The van der Waals surface area contributed by atoms with Crippen LogP contribution in [0, 0.1) is 0 Å². The molecule has 132 valence electrons. The number of amides is 1. The summed E-state index contributed by atoms with van der Waals surface area (Å²) in [6.45, 7) is 1.78. The fourth-order valence-electron chi connectivity index (χ4n) is 2.88. The van der Waals surface area contributed by atoms with E-state index in [1.807, 2.05) is 30.3 Å². The van der Waals surface area contributed by atoms with E-state index in [1.165, 1.54) is 10.7 Å². The molecule has 1 aliphatic rings. The second kappa shape index (κ2) is 8.58. The summed E-state index contributed by atoms with van der Waals surface area (Å²) in [4.78, 5) is 23.9. The van der Waals surface area contributed by atoms with Crippen molar-refractivity contribution < 1.29 is 9.53 Å². The Morgan fingerprint density at radius 1 is 1.24 bits per heavy atom. The Kier molecular flexibility index (Phi) is 5.95. The van der Waals surface area contributed by atoms with Crippen LogP contribution in [-0.4, -0.2) is 34.9 Å². The molecule has 0 spiro atoms. The highest BCUT2D eigenvalue weighted by atomic mass is 16.5. The highest BCUT2D eigenvalue weighted by Gasteiger charge is 2.16. The van der Waals surface area contributed by atoms with Crippen LogP contribution in [0.15, 0.2) is 47.3 Å². The number of aryl methyl sites for hydroxylation is 1. The minimum Gasteiger partial charge on any atom is -0.376 e. The third-order valence-electron chi connectivity index (χ3n) is 4.26. The van der Waals surface area contributed by atoms with Gasteiger partial charge in [0.25, 0.3) is 5.56 Å². The minimum absolute atomic E-state index is 0.0113. The van der Waals surface area contributed by atoms with Crippen molar-refractivity contribution >= 4 is 5.91 Å². The van der Waals surface area contributed by atoms with Gasteiger partial charge in [-0.15, -0.1) is 0 Å². The van der Waals surface area contributed by atoms with Crippen molar-refractivity contribution in [3.05, 3.63) is 52.8 Å². The molecule has 1 aromatic carbocycles. The number of ether oxygens (including phenoxy) is 1. The van der Waals surface area contributed by atoms with Crippen LogP contribution in [0.2, 0.25) is 0 Å². The van der Waals surface area contributed by atoms with E-state index in [0.29, 0.717) is 25.9 Å². The van der Waals surface area contributed by atoms with E-state index in [9.17, 15) is 9.59 Å². The van der Waals surface area contributed by atoms with Crippen molar-refractivity contribution in [3.63, 3.8) is 0 Å². The molecule has 3 rings (SSSR count). The number of hydrogen-bond donors (Lipinski definition) is 1. The topological polar surface area (TPSA) is 73.2 Å². The summed E-state index contributed by atoms with van der Waals surface area (Å²) >= 11 is 0. The van der Waals surface area contributed by atoms with Crippen molar-refractivity contribution in [2.75, 3.05) is 13.2 Å². The molecular formula is C19H23N3O3. The van der Waals surface area contributed by atoms with Gasteiger partial charge < -0.3 is 10.1 Å². The molecular weight excluding hydrogens is 318 g/mol. The van der Waals surface area contributed by atoms with E-state index in [-0.39, 0.29) is 17.6 Å². The number of hydrogen-bond acceptors (Lipinski definition) is 4. The van der Waals surface area contributed by atoms with Gasteiger partial charge in [-0.05, 0) is 25.3 Å². The fourth-order valence-corrected chi connectivity index (χ4v) is 2.88. The zero-order chi connectivity index (χ0) is 17.5. The van der Waals surface area contributed by atoms with Crippen LogP contribution in [0.4, 0.5) is 0 Å². The van der Waals surface area contributed by atoms with Gasteiger partial charge in [0.1, 0.15) is 0 Å². The van der Waals surface area contributed by atoms with E-state index in [2.05, 4.69) is 10.4 Å². The second-order valence-electron chi connectivity index (χ2n) is 6.19. The summed E-state index contributed by atoms with van der Waals surface area (Å²) in [5.41, 5.74) is 1.56. The number of aromatic nitrogens is 2. The maximum Gasteiger partial charge on any atom is 0.266 e. The van der Waals surface area contributed by atoms with Crippen molar-refractivity contribution in [1.82, 2.24) is 15.1 Å². The SMILES string of the molecule is O=C(CCCn1nc(-c2ccccc2)ccc1=O)NC[C@@H]1CCCO1. The minimum atomic E-state index is -0.153. The number of nitrogens with one attached hydrogen (secondary N) is 1. The lowest BCUT2D eigenvalue weighted by molar-refractivity contribution is -0.121. The number of carbonyl (C=O) groups excluding carboxylic acids is 1. The van der Waals surface area contributed by atoms with Crippen molar-refractivity contribution in [2.24, 2.45) is 0 Å². The molecule has 0 unspecified atom stereocenters. The molecule has 1 aromatic heterocycles. The average molecular weight is 341 g/mol. The van der Waals surface area contributed by atoms with Gasteiger partial charge in [-0.3, -0.25) is 9.59 Å². The standard InChI is InChI=1S/C19H23N3O3/c23-18(20-14-16-8-5-13-25-16)9-4-12-22-19(24)11-10-17(21-22)15-6-2-1-3-7-15/h1-3,6-7,10-11,16H,4-5,8-9,12-14H2,(H,20,23)/t16-/m0/s1. The molecule has 25 heavy (non-hydrogen) atoms. The van der Waals surface area contributed by atoms with E-state index in [4.69, 9.17) is 4.74 Å². The van der Waals surface area contributed by atoms with Crippen LogP contribution in [0.25, 0.3) is 11.3 Å². The molecule has 1 aliphatic heterocycles. The largest absolute Gasteiger partial charge is 0.376 e. The highest BCUT2D eigenvalue weighted by molar-refractivity contribution is 5.75. The van der Waals surface area contributed by atoms with E-state index in [1.54, 1.807) is 6.07 Å². The number of benzene rings is 1. The summed E-state index contributed by atoms with van der Waals surface area (Å²) in [7, 11) is 0. The summed E-state index contributed by atoms with van der Waals surface area (Å²) in [6.07, 6.45) is 3.16. The summed E-state index contributed by atoms with van der Waals surface area (Å²) in [5, 5.41) is 7.29. The molecule has 1 atom stereocenters.